The van der Waals surface area contributed by atoms with Gasteiger partial charge in [0, 0.05) is 12.6 Å². The van der Waals surface area contributed by atoms with Gasteiger partial charge in [-0.2, -0.15) is 0 Å². The lowest BCUT2D eigenvalue weighted by molar-refractivity contribution is 0.0601. The summed E-state index contributed by atoms with van der Waals surface area (Å²) < 4.78 is 10.5. The first-order valence-electron chi connectivity index (χ1n) is 7.64. The van der Waals surface area contributed by atoms with Crippen molar-refractivity contribution in [3.05, 3.63) is 58.1 Å². The van der Waals surface area contributed by atoms with Gasteiger partial charge < -0.3 is 19.6 Å². The molecule has 0 saturated heterocycles. The molecule has 0 unspecified atom stereocenters. The molecule has 26 heavy (non-hydrogen) atoms. The molecule has 0 atom stereocenters. The zero-order chi connectivity index (χ0) is 18.8. The Morgan fingerprint density at radius 3 is 2.62 bits per heavy atom. The van der Waals surface area contributed by atoms with Crippen molar-refractivity contribution < 1.29 is 19.1 Å². The number of hydrogen-bond donors (Lipinski definition) is 2. The number of hydrogen-bond acceptors (Lipinski definition) is 5. The van der Waals surface area contributed by atoms with Gasteiger partial charge in [0.1, 0.15) is 0 Å². The molecule has 5 nitrogen and oxygen atoms in total. The minimum absolute atomic E-state index is 0.111. The molecule has 0 amide bonds. The van der Waals surface area contributed by atoms with Crippen LogP contribution in [-0.4, -0.2) is 25.2 Å². The highest BCUT2D eigenvalue weighted by atomic mass is 35.5. The quantitative estimate of drug-likeness (QED) is 0.578. The lowest BCUT2D eigenvalue weighted by Crippen LogP contribution is -2.00. The molecule has 7 heteroatoms. The molecule has 2 aromatic carbocycles. The van der Waals surface area contributed by atoms with Crippen LogP contribution in [0, 0.1) is 0 Å². The van der Waals surface area contributed by atoms with E-state index in [1.165, 1.54) is 7.11 Å². The molecule has 0 aliphatic carbocycles. The molecule has 2 N–H and O–H groups in total. The highest BCUT2D eigenvalue weighted by Crippen LogP contribution is 2.48. The molecular formula is C19H15Cl2NO4. The predicted octanol–water partition coefficient (Wildman–Crippen LogP) is 5.45. The van der Waals surface area contributed by atoms with Crippen LogP contribution in [-0.2, 0) is 4.74 Å². The monoisotopic (exact) mass is 391 g/mol. The van der Waals surface area contributed by atoms with E-state index in [9.17, 15) is 9.90 Å². The average Bonchev–Trinajstić information content (AvgIpc) is 2.99. The number of esters is 1. The summed E-state index contributed by atoms with van der Waals surface area (Å²) >= 11 is 12.3. The summed E-state index contributed by atoms with van der Waals surface area (Å²) in [6.45, 7) is 0. The molecule has 3 rings (SSSR count). The molecular weight excluding hydrogens is 377 g/mol. The Bertz CT molecular complexity index is 982. The Balaban J connectivity index is 2.19. The van der Waals surface area contributed by atoms with Gasteiger partial charge in [0.05, 0.1) is 28.3 Å². The second kappa shape index (κ2) is 7.32. The summed E-state index contributed by atoms with van der Waals surface area (Å²) in [7, 11) is 2.97. The normalized spacial score (nSPS) is 10.6. The standard InChI is InChI=1S/C19H15Cl2NO4/c1-22-18-14(10-5-3-6-11(9-10)19(24)25-2)16(23)17(26-18)12-7-4-8-13(20)15(12)21/h3-9,22-23H,1-2H3. The topological polar surface area (TPSA) is 71.7 Å². The fraction of sp³-hybridized carbons (Fsp3) is 0.105. The number of methoxy groups -OCH3 is 1. The summed E-state index contributed by atoms with van der Waals surface area (Å²) in [5.41, 5.74) is 1.81. The molecule has 1 aromatic heterocycles. The third-order valence-corrected chi connectivity index (χ3v) is 4.70. The minimum Gasteiger partial charge on any atom is -0.504 e. The van der Waals surface area contributed by atoms with Crippen LogP contribution in [0.2, 0.25) is 10.0 Å². The summed E-state index contributed by atoms with van der Waals surface area (Å²) in [6, 6.07) is 11.7. The van der Waals surface area contributed by atoms with Crippen molar-refractivity contribution in [2.75, 3.05) is 19.5 Å². The highest BCUT2D eigenvalue weighted by Gasteiger charge is 2.24. The molecule has 0 fully saturated rings. The molecule has 0 bridgehead atoms. The Morgan fingerprint density at radius 2 is 1.92 bits per heavy atom. The van der Waals surface area contributed by atoms with E-state index in [4.69, 9.17) is 32.4 Å². The maximum atomic E-state index is 11.8. The van der Waals surface area contributed by atoms with Crippen LogP contribution >= 0.6 is 23.2 Å². The van der Waals surface area contributed by atoms with E-state index in [1.54, 1.807) is 49.5 Å². The smallest absolute Gasteiger partial charge is 0.337 e. The van der Waals surface area contributed by atoms with Gasteiger partial charge in [-0.1, -0.05) is 41.4 Å². The third-order valence-electron chi connectivity index (χ3n) is 3.88. The number of benzene rings is 2. The van der Waals surface area contributed by atoms with E-state index in [1.807, 2.05) is 0 Å². The number of halogens is 2. The van der Waals surface area contributed by atoms with Crippen molar-refractivity contribution in [3.63, 3.8) is 0 Å². The van der Waals surface area contributed by atoms with Gasteiger partial charge in [-0.05, 0) is 29.8 Å². The van der Waals surface area contributed by atoms with E-state index in [2.05, 4.69) is 5.32 Å². The highest BCUT2D eigenvalue weighted by molar-refractivity contribution is 6.43. The molecule has 0 aliphatic heterocycles. The Labute approximate surface area is 160 Å². The van der Waals surface area contributed by atoms with E-state index in [0.717, 1.165) is 0 Å². The Kier molecular flexibility index (Phi) is 5.11. The second-order valence-electron chi connectivity index (χ2n) is 5.41. The van der Waals surface area contributed by atoms with E-state index in [0.29, 0.717) is 33.2 Å². The largest absolute Gasteiger partial charge is 0.504 e. The molecule has 1 heterocycles. The average molecular weight is 392 g/mol. The SMILES string of the molecule is CNc1oc(-c2cccc(Cl)c2Cl)c(O)c1-c1cccc(C(=O)OC)c1. The van der Waals surface area contributed by atoms with Crippen molar-refractivity contribution in [2.45, 2.75) is 0 Å². The summed E-state index contributed by atoms with van der Waals surface area (Å²) in [5, 5.41) is 14.3. The third kappa shape index (κ3) is 3.11. The summed E-state index contributed by atoms with van der Waals surface area (Å²) in [4.78, 5) is 11.8. The number of carbonyl (C=O) groups is 1. The second-order valence-corrected chi connectivity index (χ2v) is 6.19. The number of nitrogens with one attached hydrogen (secondary N) is 1. The van der Waals surface area contributed by atoms with Crippen molar-refractivity contribution in [1.29, 1.82) is 0 Å². The first-order valence-corrected chi connectivity index (χ1v) is 8.40. The van der Waals surface area contributed by atoms with Gasteiger partial charge in [-0.15, -0.1) is 0 Å². The number of ether oxygens (including phenoxy) is 1. The Morgan fingerprint density at radius 1 is 1.19 bits per heavy atom. The summed E-state index contributed by atoms with van der Waals surface area (Å²) in [5.74, 6) is -0.0737. The van der Waals surface area contributed by atoms with Crippen molar-refractivity contribution in [2.24, 2.45) is 0 Å². The zero-order valence-electron chi connectivity index (χ0n) is 14.0. The van der Waals surface area contributed by atoms with Gasteiger partial charge >= 0.3 is 5.97 Å². The van der Waals surface area contributed by atoms with Gasteiger partial charge in [0.2, 0.25) is 5.88 Å². The first kappa shape index (κ1) is 18.2. The molecule has 0 radical (unpaired) electrons. The fourth-order valence-corrected chi connectivity index (χ4v) is 3.03. The van der Waals surface area contributed by atoms with Crippen LogP contribution in [0.15, 0.2) is 46.9 Å². The van der Waals surface area contributed by atoms with Crippen molar-refractivity contribution in [1.82, 2.24) is 0 Å². The lowest BCUT2D eigenvalue weighted by atomic mass is 10.0. The van der Waals surface area contributed by atoms with Crippen LogP contribution in [0.4, 0.5) is 5.88 Å². The first-order chi connectivity index (χ1) is 12.5. The van der Waals surface area contributed by atoms with Crippen LogP contribution in [0.25, 0.3) is 22.5 Å². The van der Waals surface area contributed by atoms with Gasteiger partial charge in [-0.3, -0.25) is 0 Å². The molecule has 3 aromatic rings. The van der Waals surface area contributed by atoms with Gasteiger partial charge in [0.25, 0.3) is 0 Å². The minimum atomic E-state index is -0.473. The van der Waals surface area contributed by atoms with Crippen molar-refractivity contribution >= 4 is 35.1 Å². The number of carbonyl (C=O) groups excluding carboxylic acids is 1. The number of anilines is 1. The van der Waals surface area contributed by atoms with Crippen LogP contribution in [0.5, 0.6) is 5.75 Å². The van der Waals surface area contributed by atoms with Crippen molar-refractivity contribution in [3.8, 4) is 28.2 Å². The van der Waals surface area contributed by atoms with E-state index >= 15 is 0 Å². The number of furan rings is 1. The number of aromatic hydroxyl groups is 1. The molecule has 0 aliphatic rings. The zero-order valence-corrected chi connectivity index (χ0v) is 15.5. The predicted molar refractivity (Wildman–Crippen MR) is 102 cm³/mol. The van der Waals surface area contributed by atoms with E-state index in [-0.39, 0.29) is 16.5 Å². The molecule has 0 saturated carbocycles. The van der Waals surface area contributed by atoms with E-state index < -0.39 is 5.97 Å². The fourth-order valence-electron chi connectivity index (χ4n) is 2.65. The van der Waals surface area contributed by atoms with Crippen LogP contribution in [0.3, 0.4) is 0 Å². The molecule has 134 valence electrons. The molecule has 0 spiro atoms. The van der Waals surface area contributed by atoms with Crippen LogP contribution in [0.1, 0.15) is 10.4 Å². The summed E-state index contributed by atoms with van der Waals surface area (Å²) in [6.07, 6.45) is 0. The number of rotatable bonds is 4. The maximum absolute atomic E-state index is 11.8. The Hall–Kier alpha value is -2.63. The van der Waals surface area contributed by atoms with Crippen LogP contribution < -0.4 is 5.32 Å². The van der Waals surface area contributed by atoms with Gasteiger partial charge in [-0.25, -0.2) is 4.79 Å². The lowest BCUT2D eigenvalue weighted by Gasteiger charge is -2.05. The van der Waals surface area contributed by atoms with Gasteiger partial charge in [0.15, 0.2) is 11.5 Å². The maximum Gasteiger partial charge on any atom is 0.337 e.